The fourth-order valence-corrected chi connectivity index (χ4v) is 2.02. The Morgan fingerprint density at radius 2 is 2.47 bits per heavy atom. The Morgan fingerprint density at radius 1 is 1.73 bits per heavy atom. The molecule has 0 amide bonds. The van der Waals surface area contributed by atoms with Gasteiger partial charge < -0.3 is 4.74 Å². The smallest absolute Gasteiger partial charge is 0.312 e. The number of rotatable bonds is 4. The van der Waals surface area contributed by atoms with Gasteiger partial charge in [0.2, 0.25) is 0 Å². The molecule has 1 atom stereocenters. The molecule has 0 heterocycles. The standard InChI is InChI=1S/C13H20O2/c1-4-8-13(12(14)15-5-2)9-6-11(3)7-10-13/h4,6H,1,5,7-10H2,2-3H3. The van der Waals surface area contributed by atoms with Crippen LogP contribution in [0.25, 0.3) is 0 Å². The Morgan fingerprint density at radius 3 is 2.93 bits per heavy atom. The van der Waals surface area contributed by atoms with Crippen LogP contribution >= 0.6 is 0 Å². The van der Waals surface area contributed by atoms with Crippen molar-refractivity contribution in [3.05, 3.63) is 24.3 Å². The van der Waals surface area contributed by atoms with E-state index in [0.29, 0.717) is 6.61 Å². The Hall–Kier alpha value is -1.05. The van der Waals surface area contributed by atoms with Gasteiger partial charge in [0.1, 0.15) is 0 Å². The first-order valence-electron chi connectivity index (χ1n) is 5.58. The Bertz CT molecular complexity index is 278. The van der Waals surface area contributed by atoms with Gasteiger partial charge in [-0.05, 0) is 39.5 Å². The highest BCUT2D eigenvalue weighted by Gasteiger charge is 2.38. The maximum absolute atomic E-state index is 11.9. The summed E-state index contributed by atoms with van der Waals surface area (Å²) in [6, 6.07) is 0. The Labute approximate surface area is 92.0 Å². The van der Waals surface area contributed by atoms with Gasteiger partial charge in [-0.1, -0.05) is 17.7 Å². The second-order valence-electron chi connectivity index (χ2n) is 4.25. The molecular weight excluding hydrogens is 188 g/mol. The molecule has 84 valence electrons. The van der Waals surface area contributed by atoms with Gasteiger partial charge >= 0.3 is 5.97 Å². The number of carbonyl (C=O) groups excluding carboxylic acids is 1. The first-order valence-corrected chi connectivity index (χ1v) is 5.58. The average Bonchev–Trinajstić information content (AvgIpc) is 2.22. The molecule has 0 aromatic carbocycles. The SMILES string of the molecule is C=CCC1(C(=O)OCC)CC=C(C)CC1. The van der Waals surface area contributed by atoms with E-state index in [2.05, 4.69) is 19.6 Å². The highest BCUT2D eigenvalue weighted by atomic mass is 16.5. The summed E-state index contributed by atoms with van der Waals surface area (Å²) in [6.07, 6.45) is 7.38. The molecule has 15 heavy (non-hydrogen) atoms. The molecule has 0 spiro atoms. The molecule has 0 saturated carbocycles. The maximum atomic E-state index is 11.9. The molecule has 0 aromatic heterocycles. The summed E-state index contributed by atoms with van der Waals surface area (Å²) in [6.45, 7) is 8.16. The second-order valence-corrected chi connectivity index (χ2v) is 4.25. The molecule has 0 radical (unpaired) electrons. The zero-order valence-corrected chi connectivity index (χ0v) is 9.71. The zero-order chi connectivity index (χ0) is 11.3. The number of hydrogen-bond donors (Lipinski definition) is 0. The van der Waals surface area contributed by atoms with Crippen molar-refractivity contribution in [2.75, 3.05) is 6.61 Å². The summed E-state index contributed by atoms with van der Waals surface area (Å²) >= 11 is 0. The lowest BCUT2D eigenvalue weighted by Crippen LogP contribution is -2.34. The van der Waals surface area contributed by atoms with Gasteiger partial charge in [-0.15, -0.1) is 6.58 Å². The highest BCUT2D eigenvalue weighted by molar-refractivity contribution is 5.77. The van der Waals surface area contributed by atoms with Crippen molar-refractivity contribution in [1.29, 1.82) is 0 Å². The molecule has 2 heteroatoms. The fraction of sp³-hybridized carbons (Fsp3) is 0.615. The minimum absolute atomic E-state index is 0.0614. The van der Waals surface area contributed by atoms with Gasteiger partial charge in [0.25, 0.3) is 0 Å². The summed E-state index contributed by atoms with van der Waals surface area (Å²) in [5.74, 6) is -0.0614. The van der Waals surface area contributed by atoms with Crippen LogP contribution in [0.4, 0.5) is 0 Å². The van der Waals surface area contributed by atoms with E-state index in [1.54, 1.807) is 0 Å². The van der Waals surface area contributed by atoms with Crippen molar-refractivity contribution in [2.24, 2.45) is 5.41 Å². The Kier molecular flexibility index (Phi) is 4.13. The van der Waals surface area contributed by atoms with E-state index in [0.717, 1.165) is 25.7 Å². The molecule has 0 bridgehead atoms. The Balaban J connectivity index is 2.80. The third-order valence-electron chi connectivity index (χ3n) is 3.08. The number of carbonyl (C=O) groups is 1. The van der Waals surface area contributed by atoms with Crippen molar-refractivity contribution >= 4 is 5.97 Å². The van der Waals surface area contributed by atoms with Crippen LogP contribution in [0.15, 0.2) is 24.3 Å². The summed E-state index contributed by atoms with van der Waals surface area (Å²) in [5, 5.41) is 0. The summed E-state index contributed by atoms with van der Waals surface area (Å²) < 4.78 is 5.16. The van der Waals surface area contributed by atoms with Gasteiger partial charge in [-0.3, -0.25) is 4.79 Å². The van der Waals surface area contributed by atoms with Gasteiger partial charge in [0.15, 0.2) is 0 Å². The van der Waals surface area contributed by atoms with E-state index in [1.807, 2.05) is 13.0 Å². The number of ether oxygens (including phenoxy) is 1. The number of hydrogen-bond acceptors (Lipinski definition) is 2. The van der Waals surface area contributed by atoms with E-state index in [4.69, 9.17) is 4.74 Å². The molecular formula is C13H20O2. The lowest BCUT2D eigenvalue weighted by atomic mass is 9.73. The van der Waals surface area contributed by atoms with Crippen LogP contribution in [-0.4, -0.2) is 12.6 Å². The molecule has 0 aromatic rings. The van der Waals surface area contributed by atoms with Crippen molar-refractivity contribution in [2.45, 2.75) is 39.5 Å². The molecule has 0 fully saturated rings. The summed E-state index contributed by atoms with van der Waals surface area (Å²) in [7, 11) is 0. The van der Waals surface area contributed by atoms with Crippen LogP contribution < -0.4 is 0 Å². The van der Waals surface area contributed by atoms with Crippen LogP contribution in [-0.2, 0) is 9.53 Å². The largest absolute Gasteiger partial charge is 0.466 e. The van der Waals surface area contributed by atoms with Gasteiger partial charge in [0, 0.05) is 0 Å². The molecule has 1 rings (SSSR count). The quantitative estimate of drug-likeness (QED) is 0.523. The normalized spacial score (nSPS) is 25.6. The lowest BCUT2D eigenvalue weighted by molar-refractivity contribution is -0.155. The fourth-order valence-electron chi connectivity index (χ4n) is 2.02. The number of esters is 1. The van der Waals surface area contributed by atoms with Crippen molar-refractivity contribution in [3.63, 3.8) is 0 Å². The van der Waals surface area contributed by atoms with Gasteiger partial charge in [0.05, 0.1) is 12.0 Å². The zero-order valence-electron chi connectivity index (χ0n) is 9.71. The molecule has 0 N–H and O–H groups in total. The van der Waals surface area contributed by atoms with Gasteiger partial charge in [-0.2, -0.15) is 0 Å². The second kappa shape index (κ2) is 5.15. The van der Waals surface area contributed by atoms with E-state index in [1.165, 1.54) is 5.57 Å². The van der Waals surface area contributed by atoms with Crippen LogP contribution in [0.1, 0.15) is 39.5 Å². The van der Waals surface area contributed by atoms with Crippen LogP contribution in [0.2, 0.25) is 0 Å². The van der Waals surface area contributed by atoms with Crippen LogP contribution in [0, 0.1) is 5.41 Å². The van der Waals surface area contributed by atoms with Crippen molar-refractivity contribution < 1.29 is 9.53 Å². The monoisotopic (exact) mass is 208 g/mol. The topological polar surface area (TPSA) is 26.3 Å². The minimum atomic E-state index is -0.336. The lowest BCUT2D eigenvalue weighted by Gasteiger charge is -2.32. The van der Waals surface area contributed by atoms with E-state index in [-0.39, 0.29) is 11.4 Å². The maximum Gasteiger partial charge on any atom is 0.312 e. The third-order valence-corrected chi connectivity index (χ3v) is 3.08. The van der Waals surface area contributed by atoms with E-state index < -0.39 is 0 Å². The summed E-state index contributed by atoms with van der Waals surface area (Å²) in [5.41, 5.74) is 1.04. The molecule has 1 aliphatic carbocycles. The van der Waals surface area contributed by atoms with Crippen molar-refractivity contribution in [3.8, 4) is 0 Å². The van der Waals surface area contributed by atoms with Gasteiger partial charge in [-0.25, -0.2) is 0 Å². The average molecular weight is 208 g/mol. The van der Waals surface area contributed by atoms with Crippen molar-refractivity contribution in [1.82, 2.24) is 0 Å². The molecule has 0 aliphatic heterocycles. The molecule has 1 aliphatic rings. The van der Waals surface area contributed by atoms with E-state index in [9.17, 15) is 4.79 Å². The molecule has 0 saturated heterocycles. The van der Waals surface area contributed by atoms with Crippen LogP contribution in [0.5, 0.6) is 0 Å². The van der Waals surface area contributed by atoms with E-state index >= 15 is 0 Å². The molecule has 1 unspecified atom stereocenters. The predicted molar refractivity (Wildman–Crippen MR) is 61.5 cm³/mol. The van der Waals surface area contributed by atoms with Crippen LogP contribution in [0.3, 0.4) is 0 Å². The third kappa shape index (κ3) is 2.71. The first-order chi connectivity index (χ1) is 7.14. The first kappa shape index (κ1) is 12.0. The molecule has 2 nitrogen and oxygen atoms in total. The predicted octanol–water partition coefficient (Wildman–Crippen LogP) is 3.24. The number of allylic oxidation sites excluding steroid dienone is 3. The minimum Gasteiger partial charge on any atom is -0.466 e. The highest BCUT2D eigenvalue weighted by Crippen LogP contribution is 2.39. The summed E-state index contributed by atoms with van der Waals surface area (Å²) in [4.78, 5) is 11.9.